The molecule has 5 nitrogen and oxygen atoms in total. The Morgan fingerprint density at radius 3 is 2.33 bits per heavy atom. The molecule has 5 N–H and O–H groups in total. The fourth-order valence-corrected chi connectivity index (χ4v) is 1.40. The Balaban J connectivity index is 0.00000137. The van der Waals surface area contributed by atoms with Crippen molar-refractivity contribution in [2.45, 2.75) is 12.1 Å². The highest BCUT2D eigenvalue weighted by molar-refractivity contribution is 5.74. The van der Waals surface area contributed by atoms with Crippen LogP contribution in [0.3, 0.4) is 0 Å². The quantitative estimate of drug-likeness (QED) is 0.512. The number of alkyl halides is 1. The molecule has 0 saturated carbocycles. The molecule has 18 heavy (non-hydrogen) atoms. The fraction of sp³-hybridized carbons (Fsp3) is 0.417. The lowest BCUT2D eigenvalue weighted by Gasteiger charge is -2.22. The molecular weight excluding hydrogens is 237 g/mol. The smallest absolute Gasteiger partial charge is 0.150 e. The average molecular weight is 257 g/mol. The zero-order valence-electron chi connectivity index (χ0n) is 10.6. The number of aldehydes is 1. The van der Waals surface area contributed by atoms with Crippen molar-refractivity contribution < 1.29 is 14.0 Å². The summed E-state index contributed by atoms with van der Waals surface area (Å²) in [6.07, 6.45) is 0.748. The van der Waals surface area contributed by atoms with E-state index in [1.165, 1.54) is 14.2 Å². The lowest BCUT2D eigenvalue weighted by atomic mass is 10.0. The molecule has 0 amide bonds. The third-order valence-electron chi connectivity index (χ3n) is 2.28. The summed E-state index contributed by atoms with van der Waals surface area (Å²) in [5, 5.41) is 0. The van der Waals surface area contributed by atoms with Crippen LogP contribution in [-0.2, 0) is 4.84 Å². The molecule has 0 aliphatic rings. The number of halogens is 1. The van der Waals surface area contributed by atoms with Crippen LogP contribution in [-0.4, -0.2) is 33.2 Å². The minimum Gasteiger partial charge on any atom is -0.333 e. The maximum Gasteiger partial charge on any atom is 0.150 e. The van der Waals surface area contributed by atoms with Gasteiger partial charge in [0.2, 0.25) is 0 Å². The van der Waals surface area contributed by atoms with Crippen molar-refractivity contribution >= 4 is 6.29 Å². The summed E-state index contributed by atoms with van der Waals surface area (Å²) in [7, 11) is 2.94. The van der Waals surface area contributed by atoms with Gasteiger partial charge in [0.25, 0.3) is 0 Å². The molecule has 0 aliphatic carbocycles. The number of hydrogen-bond donors (Lipinski definition) is 3. The van der Waals surface area contributed by atoms with E-state index in [4.69, 9.17) is 10.6 Å². The van der Waals surface area contributed by atoms with Crippen LogP contribution >= 0.6 is 0 Å². The van der Waals surface area contributed by atoms with Crippen LogP contribution < -0.4 is 16.9 Å². The first kappa shape index (κ1) is 16.7. The summed E-state index contributed by atoms with van der Waals surface area (Å²) in [4.78, 5) is 15.3. The van der Waals surface area contributed by atoms with Crippen LogP contribution in [0.5, 0.6) is 0 Å². The largest absolute Gasteiger partial charge is 0.333 e. The molecule has 0 aliphatic heterocycles. The summed E-state index contributed by atoms with van der Waals surface area (Å²) in [6.45, 7) is -0.656. The van der Waals surface area contributed by atoms with Gasteiger partial charge in [-0.1, -0.05) is 24.3 Å². The van der Waals surface area contributed by atoms with Crippen LogP contribution in [0.1, 0.15) is 22.0 Å². The topological polar surface area (TPSA) is 90.4 Å². The van der Waals surface area contributed by atoms with Gasteiger partial charge in [0, 0.05) is 5.56 Å². The van der Waals surface area contributed by atoms with E-state index < -0.39 is 18.8 Å². The molecule has 2 atom stereocenters. The van der Waals surface area contributed by atoms with Crippen molar-refractivity contribution in [1.82, 2.24) is 5.48 Å². The molecule has 102 valence electrons. The third-order valence-corrected chi connectivity index (χ3v) is 2.28. The highest BCUT2D eigenvalue weighted by Crippen LogP contribution is 2.16. The highest BCUT2D eigenvalue weighted by Gasteiger charge is 2.19. The summed E-state index contributed by atoms with van der Waals surface area (Å²) in [5.74, 6) is 0. The number of hydrogen-bond acceptors (Lipinski definition) is 5. The third kappa shape index (κ3) is 4.89. The van der Waals surface area contributed by atoms with Gasteiger partial charge in [-0.25, -0.2) is 4.39 Å². The van der Waals surface area contributed by atoms with Crippen LogP contribution in [0.15, 0.2) is 24.3 Å². The molecule has 0 heterocycles. The normalized spacial score (nSPS) is 13.2. The zero-order valence-corrected chi connectivity index (χ0v) is 10.6. The molecule has 0 spiro atoms. The van der Waals surface area contributed by atoms with E-state index >= 15 is 0 Å². The van der Waals surface area contributed by atoms with E-state index in [9.17, 15) is 9.18 Å². The number of carbonyl (C=O) groups excluding carboxylic acids is 1. The van der Waals surface area contributed by atoms with Crippen LogP contribution in [0, 0.1) is 0 Å². The highest BCUT2D eigenvalue weighted by atomic mass is 19.1. The first-order chi connectivity index (χ1) is 8.72. The van der Waals surface area contributed by atoms with Crippen LogP contribution in [0.25, 0.3) is 0 Å². The van der Waals surface area contributed by atoms with E-state index in [-0.39, 0.29) is 0 Å². The van der Waals surface area contributed by atoms with Gasteiger partial charge in [0.1, 0.15) is 13.0 Å². The van der Waals surface area contributed by atoms with Crippen molar-refractivity contribution in [1.29, 1.82) is 0 Å². The van der Waals surface area contributed by atoms with E-state index in [1.54, 1.807) is 24.3 Å². The Morgan fingerprint density at radius 1 is 1.39 bits per heavy atom. The van der Waals surface area contributed by atoms with Crippen molar-refractivity contribution in [3.63, 3.8) is 0 Å². The molecule has 0 aromatic heterocycles. The van der Waals surface area contributed by atoms with E-state index in [1.807, 2.05) is 0 Å². The van der Waals surface area contributed by atoms with Gasteiger partial charge >= 0.3 is 0 Å². The first-order valence-electron chi connectivity index (χ1n) is 5.45. The molecule has 0 bridgehead atoms. The molecule has 6 heteroatoms. The minimum absolute atomic E-state index is 0.435. The number of nitrogens with one attached hydrogen (secondary N) is 1. The van der Waals surface area contributed by atoms with Crippen molar-refractivity contribution in [3.05, 3.63) is 35.4 Å². The van der Waals surface area contributed by atoms with Gasteiger partial charge in [0.15, 0.2) is 0 Å². The molecule has 1 aromatic rings. The Hall–Kier alpha value is -1.34. The maximum absolute atomic E-state index is 12.5. The van der Waals surface area contributed by atoms with Crippen LogP contribution in [0.2, 0.25) is 0 Å². The minimum atomic E-state index is -0.693. The fourth-order valence-electron chi connectivity index (χ4n) is 1.40. The van der Waals surface area contributed by atoms with Crippen molar-refractivity contribution in [2.75, 3.05) is 20.8 Å². The lowest BCUT2D eigenvalue weighted by Crippen LogP contribution is -2.39. The van der Waals surface area contributed by atoms with Gasteiger partial charge in [-0.2, -0.15) is 5.48 Å². The number of rotatable bonds is 6. The second-order valence-corrected chi connectivity index (χ2v) is 3.40. The van der Waals surface area contributed by atoms with Gasteiger partial charge in [-0.15, -0.1) is 0 Å². The summed E-state index contributed by atoms with van der Waals surface area (Å²) < 4.78 is 12.5. The number of nitrogens with two attached hydrogens (primary N) is 2. The zero-order chi connectivity index (χ0) is 14.0. The molecule has 0 saturated heterocycles. The summed E-state index contributed by atoms with van der Waals surface area (Å²) in [5.41, 5.74) is 14.1. The molecular formula is C12H20FN3O2. The molecule has 0 fully saturated rings. The Morgan fingerprint density at radius 2 is 1.94 bits per heavy atom. The van der Waals surface area contributed by atoms with E-state index in [0.29, 0.717) is 5.56 Å². The Labute approximate surface area is 106 Å². The predicted molar refractivity (Wildman–Crippen MR) is 68.8 cm³/mol. The molecule has 1 aromatic carbocycles. The van der Waals surface area contributed by atoms with Gasteiger partial charge in [-0.3, -0.25) is 4.79 Å². The molecule has 1 rings (SSSR count). The van der Waals surface area contributed by atoms with E-state index in [0.717, 1.165) is 11.8 Å². The summed E-state index contributed by atoms with van der Waals surface area (Å²) in [6, 6.07) is 5.61. The second-order valence-electron chi connectivity index (χ2n) is 3.40. The first-order valence-corrected chi connectivity index (χ1v) is 5.45. The second kappa shape index (κ2) is 9.67. The molecule has 0 radical (unpaired) electrons. The predicted octanol–water partition coefficient (Wildman–Crippen LogP) is 0.563. The van der Waals surface area contributed by atoms with Crippen molar-refractivity contribution in [2.24, 2.45) is 11.5 Å². The molecule has 2 unspecified atom stereocenters. The maximum atomic E-state index is 12.5. The number of hydroxylamine groups is 1. The van der Waals surface area contributed by atoms with E-state index in [2.05, 4.69) is 11.2 Å². The Bertz CT molecular complexity index is 333. The van der Waals surface area contributed by atoms with Gasteiger partial charge < -0.3 is 16.3 Å². The standard InChI is InChI=1S/C11H15FN2O2.CH5N/c1-16-14-11(10(13)6-12)9-4-2-8(7-15)3-5-9;1-2/h2-5,7,10-11,14H,6,13H2,1H3;2H2,1H3. The number of benzene rings is 1. The monoisotopic (exact) mass is 257 g/mol. The van der Waals surface area contributed by atoms with Crippen molar-refractivity contribution in [3.8, 4) is 0 Å². The van der Waals surface area contributed by atoms with Crippen LogP contribution in [0.4, 0.5) is 4.39 Å². The average Bonchev–Trinajstić information content (AvgIpc) is 2.46. The summed E-state index contributed by atoms with van der Waals surface area (Å²) >= 11 is 0. The lowest BCUT2D eigenvalue weighted by molar-refractivity contribution is 0.0492. The van der Waals surface area contributed by atoms with Gasteiger partial charge in [-0.05, 0) is 12.6 Å². The SMILES string of the molecule is CN.CONC(c1ccc(C=O)cc1)C(N)CF. The Kier molecular flexibility index (Phi) is 8.95. The number of carbonyl (C=O) groups is 1. The van der Waals surface area contributed by atoms with Gasteiger partial charge in [0.05, 0.1) is 19.2 Å².